The van der Waals surface area contributed by atoms with Crippen molar-refractivity contribution in [3.63, 3.8) is 0 Å². The Morgan fingerprint density at radius 1 is 1.04 bits per heavy atom. The van der Waals surface area contributed by atoms with Crippen LogP contribution < -0.4 is 0 Å². The number of pyridine rings is 1. The topological polar surface area (TPSA) is 41.6 Å². The van der Waals surface area contributed by atoms with Crippen molar-refractivity contribution in [1.82, 2.24) is 15.0 Å². The van der Waals surface area contributed by atoms with Gasteiger partial charge in [0.25, 0.3) is 0 Å². The van der Waals surface area contributed by atoms with Crippen LogP contribution in [0.15, 0.2) is 59.8 Å². The molecule has 0 aliphatic heterocycles. The molecule has 2 aromatic heterocycles. The third-order valence-corrected chi connectivity index (χ3v) is 5.43. The molecule has 0 atom stereocenters. The molecule has 3 nitrogen and oxygen atoms in total. The maximum absolute atomic E-state index is 13.7. The van der Waals surface area contributed by atoms with Crippen molar-refractivity contribution in [2.45, 2.75) is 24.6 Å². The summed E-state index contributed by atoms with van der Waals surface area (Å²) in [4.78, 5) is 12.5. The number of thioether (sulfide) groups is 1. The molecule has 0 fully saturated rings. The monoisotopic (exact) mass is 363 g/mol. The number of H-pyrrole nitrogens is 1. The highest BCUT2D eigenvalue weighted by Gasteiger charge is 2.08. The van der Waals surface area contributed by atoms with Gasteiger partial charge in [-0.3, -0.25) is 0 Å². The molecule has 2 aromatic carbocycles. The number of nitrogens with one attached hydrogen (secondary N) is 1. The number of hydrogen-bond acceptors (Lipinski definition) is 3. The molecule has 26 heavy (non-hydrogen) atoms. The summed E-state index contributed by atoms with van der Waals surface area (Å²) in [5.74, 6) is 1.19. The van der Waals surface area contributed by atoms with Gasteiger partial charge in [-0.05, 0) is 60.9 Å². The van der Waals surface area contributed by atoms with Crippen LogP contribution in [0, 0.1) is 19.7 Å². The van der Waals surface area contributed by atoms with Gasteiger partial charge in [0.1, 0.15) is 11.6 Å². The fourth-order valence-electron chi connectivity index (χ4n) is 2.78. The molecule has 0 saturated heterocycles. The van der Waals surface area contributed by atoms with Gasteiger partial charge in [-0.1, -0.05) is 18.2 Å². The number of rotatable bonds is 4. The Morgan fingerprint density at radius 3 is 2.62 bits per heavy atom. The highest BCUT2D eigenvalue weighted by atomic mass is 32.2. The van der Waals surface area contributed by atoms with Crippen molar-refractivity contribution >= 4 is 22.8 Å². The van der Waals surface area contributed by atoms with E-state index in [1.165, 1.54) is 29.0 Å². The van der Waals surface area contributed by atoms with E-state index < -0.39 is 0 Å². The van der Waals surface area contributed by atoms with E-state index in [0.29, 0.717) is 11.3 Å². The first-order valence-electron chi connectivity index (χ1n) is 8.40. The average molecular weight is 363 g/mol. The van der Waals surface area contributed by atoms with Crippen LogP contribution in [0.25, 0.3) is 22.4 Å². The molecule has 2 heterocycles. The summed E-state index contributed by atoms with van der Waals surface area (Å²) in [5, 5.41) is 0.861. The molecule has 1 N–H and O–H groups in total. The summed E-state index contributed by atoms with van der Waals surface area (Å²) < 4.78 is 13.7. The number of aromatic nitrogens is 3. The lowest BCUT2D eigenvalue weighted by Crippen LogP contribution is -1.88. The third kappa shape index (κ3) is 3.35. The number of halogens is 1. The Balaban J connectivity index is 1.53. The minimum absolute atomic E-state index is 0.176. The molecule has 0 saturated carbocycles. The largest absolute Gasteiger partial charge is 0.338 e. The van der Waals surface area contributed by atoms with E-state index in [0.717, 1.165) is 27.4 Å². The van der Waals surface area contributed by atoms with Crippen molar-refractivity contribution < 1.29 is 4.39 Å². The number of fused-ring (bicyclic) bond motifs is 1. The van der Waals surface area contributed by atoms with Gasteiger partial charge >= 0.3 is 0 Å². The number of nitrogens with zero attached hydrogens (tertiary/aromatic N) is 2. The van der Waals surface area contributed by atoms with Crippen molar-refractivity contribution in [2.75, 3.05) is 0 Å². The van der Waals surface area contributed by atoms with Gasteiger partial charge in [0.05, 0.1) is 16.1 Å². The van der Waals surface area contributed by atoms with Gasteiger partial charge < -0.3 is 4.98 Å². The number of imidazole rings is 1. The quantitative estimate of drug-likeness (QED) is 0.475. The first kappa shape index (κ1) is 16.8. The number of hydrogen-bond donors (Lipinski definition) is 1. The highest BCUT2D eigenvalue weighted by Crippen LogP contribution is 2.26. The summed E-state index contributed by atoms with van der Waals surface area (Å²) in [6.45, 7) is 4.19. The lowest BCUT2D eigenvalue weighted by Gasteiger charge is -2.03. The molecule has 0 bridgehead atoms. The minimum atomic E-state index is -0.176. The second-order valence-electron chi connectivity index (χ2n) is 6.30. The molecule has 5 heteroatoms. The summed E-state index contributed by atoms with van der Waals surface area (Å²) in [5.41, 5.74) is 6.08. The van der Waals surface area contributed by atoms with Crippen LogP contribution >= 0.6 is 11.8 Å². The van der Waals surface area contributed by atoms with Crippen molar-refractivity contribution in [3.05, 3.63) is 77.2 Å². The van der Waals surface area contributed by atoms with Crippen LogP contribution in [0.3, 0.4) is 0 Å². The summed E-state index contributed by atoms with van der Waals surface area (Å²) in [6.07, 6.45) is 1.81. The summed E-state index contributed by atoms with van der Waals surface area (Å²) in [7, 11) is 0. The number of benzene rings is 2. The molecular formula is C21H18FN3S. The van der Waals surface area contributed by atoms with E-state index in [1.807, 2.05) is 18.2 Å². The lowest BCUT2D eigenvalue weighted by molar-refractivity contribution is 0.617. The smallest absolute Gasteiger partial charge is 0.140 e. The predicted molar refractivity (Wildman–Crippen MR) is 105 cm³/mol. The summed E-state index contributed by atoms with van der Waals surface area (Å²) >= 11 is 1.52. The molecule has 0 radical (unpaired) electrons. The molecule has 0 aliphatic rings. The molecule has 130 valence electrons. The van der Waals surface area contributed by atoms with Crippen LogP contribution in [0.2, 0.25) is 0 Å². The minimum Gasteiger partial charge on any atom is -0.338 e. The Bertz CT molecular complexity index is 1030. The van der Waals surface area contributed by atoms with Crippen LogP contribution in [0.5, 0.6) is 0 Å². The van der Waals surface area contributed by atoms with E-state index in [1.54, 1.807) is 18.3 Å². The SMILES string of the molecule is Cc1cc2nc(-c3ccc(SCc4ccccc4F)nc3)[nH]c2cc1C. The number of aromatic amines is 1. The second-order valence-corrected chi connectivity index (χ2v) is 7.30. The Kier molecular flexibility index (Phi) is 4.47. The molecule has 4 aromatic rings. The molecule has 0 aliphatic carbocycles. The third-order valence-electron chi connectivity index (χ3n) is 4.44. The number of aryl methyl sites for hydroxylation is 2. The zero-order valence-electron chi connectivity index (χ0n) is 14.6. The average Bonchev–Trinajstić information content (AvgIpc) is 3.04. The molecule has 0 unspecified atom stereocenters. The summed E-state index contributed by atoms with van der Waals surface area (Å²) in [6, 6.07) is 15.0. The molecule has 0 amide bonds. The van der Waals surface area contributed by atoms with E-state index in [-0.39, 0.29) is 5.82 Å². The standard InChI is InChI=1S/C21H18FN3S/c1-13-9-18-19(10-14(13)2)25-21(24-18)15-7-8-20(23-11-15)26-12-16-5-3-4-6-17(16)22/h3-11H,12H2,1-2H3,(H,24,25). The lowest BCUT2D eigenvalue weighted by atomic mass is 10.1. The van der Waals surface area contributed by atoms with Crippen molar-refractivity contribution in [3.8, 4) is 11.4 Å². The first-order valence-corrected chi connectivity index (χ1v) is 9.38. The van der Waals surface area contributed by atoms with E-state index in [2.05, 4.69) is 40.9 Å². The van der Waals surface area contributed by atoms with Gasteiger partial charge in [0.2, 0.25) is 0 Å². The molecule has 0 spiro atoms. The Hall–Kier alpha value is -2.66. The zero-order chi connectivity index (χ0) is 18.1. The predicted octanol–water partition coefficient (Wildman–Crippen LogP) is 5.67. The van der Waals surface area contributed by atoms with Gasteiger partial charge in [0, 0.05) is 17.5 Å². The normalized spacial score (nSPS) is 11.2. The molecule has 4 rings (SSSR count). The van der Waals surface area contributed by atoms with Crippen LogP contribution in [0.4, 0.5) is 4.39 Å². The second kappa shape index (κ2) is 6.92. The van der Waals surface area contributed by atoms with Crippen LogP contribution in [-0.2, 0) is 5.75 Å². The van der Waals surface area contributed by atoms with E-state index in [9.17, 15) is 4.39 Å². The van der Waals surface area contributed by atoms with Gasteiger partial charge in [0.15, 0.2) is 0 Å². The van der Waals surface area contributed by atoms with E-state index >= 15 is 0 Å². The Morgan fingerprint density at radius 2 is 1.85 bits per heavy atom. The van der Waals surface area contributed by atoms with Crippen molar-refractivity contribution in [2.24, 2.45) is 0 Å². The Labute approximate surface area is 155 Å². The van der Waals surface area contributed by atoms with Crippen LogP contribution in [0.1, 0.15) is 16.7 Å². The molecular weight excluding hydrogens is 345 g/mol. The van der Waals surface area contributed by atoms with Crippen molar-refractivity contribution in [1.29, 1.82) is 0 Å². The maximum Gasteiger partial charge on any atom is 0.140 e. The maximum atomic E-state index is 13.7. The zero-order valence-corrected chi connectivity index (χ0v) is 15.4. The van der Waals surface area contributed by atoms with Crippen LogP contribution in [-0.4, -0.2) is 15.0 Å². The fraction of sp³-hybridized carbons (Fsp3) is 0.143. The fourth-order valence-corrected chi connectivity index (χ4v) is 3.61. The van der Waals surface area contributed by atoms with Gasteiger partial charge in [-0.15, -0.1) is 11.8 Å². The first-order chi connectivity index (χ1) is 12.6. The highest BCUT2D eigenvalue weighted by molar-refractivity contribution is 7.98. The van der Waals surface area contributed by atoms with E-state index in [4.69, 9.17) is 0 Å². The van der Waals surface area contributed by atoms with Gasteiger partial charge in [-0.25, -0.2) is 14.4 Å². The van der Waals surface area contributed by atoms with Gasteiger partial charge in [-0.2, -0.15) is 0 Å².